The van der Waals surface area contributed by atoms with Gasteiger partial charge in [-0.25, -0.2) is 4.68 Å². The van der Waals surface area contributed by atoms with E-state index < -0.39 is 0 Å². The third kappa shape index (κ3) is 3.47. The Bertz CT molecular complexity index is 423. The number of nitrogens with zero attached hydrogens (tertiary/aromatic N) is 3. The van der Waals surface area contributed by atoms with Gasteiger partial charge in [0.2, 0.25) is 0 Å². The molecule has 0 N–H and O–H groups in total. The second-order valence-corrected chi connectivity index (χ2v) is 6.31. The minimum Gasteiger partial charge on any atom is -0.486 e. The molecule has 1 saturated heterocycles. The van der Waals surface area contributed by atoms with Crippen LogP contribution in [0.25, 0.3) is 0 Å². The van der Waals surface area contributed by atoms with E-state index in [4.69, 9.17) is 16.3 Å². The lowest BCUT2D eigenvalue weighted by Crippen LogP contribution is -2.32. The largest absolute Gasteiger partial charge is 0.486 e. The molecule has 2 heterocycles. The Labute approximate surface area is 126 Å². The number of piperidine rings is 1. The summed E-state index contributed by atoms with van der Waals surface area (Å²) in [7, 11) is 0. The fourth-order valence-corrected chi connectivity index (χ4v) is 3.41. The van der Waals surface area contributed by atoms with Crippen LogP contribution in [0.5, 0.6) is 5.75 Å². The summed E-state index contributed by atoms with van der Waals surface area (Å²) in [4.78, 5) is 2.50. The van der Waals surface area contributed by atoms with Gasteiger partial charge in [0.15, 0.2) is 10.9 Å². The molecule has 1 aromatic heterocycles. The fraction of sp³-hybridized carbons (Fsp3) is 0.800. The van der Waals surface area contributed by atoms with Crippen molar-refractivity contribution < 1.29 is 4.74 Å². The van der Waals surface area contributed by atoms with E-state index in [0.717, 1.165) is 31.7 Å². The maximum atomic E-state index is 6.38. The molecule has 0 amide bonds. The standard InChI is InChI=1S/C15H24ClN3O/c16-15-14(20-13-6-2-3-7-13)12-17-19(15)11-10-18-8-4-1-5-9-18/h12-13H,1-11H2. The normalized spacial score (nSPS) is 21.4. The Morgan fingerprint density at radius 3 is 2.60 bits per heavy atom. The van der Waals surface area contributed by atoms with Crippen LogP contribution in [0.4, 0.5) is 0 Å². The van der Waals surface area contributed by atoms with Crippen molar-refractivity contribution in [2.24, 2.45) is 0 Å². The Morgan fingerprint density at radius 2 is 1.85 bits per heavy atom. The van der Waals surface area contributed by atoms with Gasteiger partial charge in [0.1, 0.15) is 0 Å². The first-order valence-electron chi connectivity index (χ1n) is 7.93. The Morgan fingerprint density at radius 1 is 1.10 bits per heavy atom. The molecule has 3 rings (SSSR count). The highest BCUT2D eigenvalue weighted by Crippen LogP contribution is 2.29. The van der Waals surface area contributed by atoms with Crippen LogP contribution >= 0.6 is 11.6 Å². The maximum Gasteiger partial charge on any atom is 0.176 e. The molecular formula is C15H24ClN3O. The van der Waals surface area contributed by atoms with Gasteiger partial charge < -0.3 is 9.64 Å². The monoisotopic (exact) mass is 297 g/mol. The highest BCUT2D eigenvalue weighted by Gasteiger charge is 2.20. The number of aromatic nitrogens is 2. The van der Waals surface area contributed by atoms with E-state index >= 15 is 0 Å². The second-order valence-electron chi connectivity index (χ2n) is 5.95. The summed E-state index contributed by atoms with van der Waals surface area (Å²) in [6.45, 7) is 4.31. The summed E-state index contributed by atoms with van der Waals surface area (Å²) in [5.41, 5.74) is 0. The van der Waals surface area contributed by atoms with Crippen molar-refractivity contribution in [2.45, 2.75) is 57.6 Å². The smallest absolute Gasteiger partial charge is 0.176 e. The maximum absolute atomic E-state index is 6.38. The molecule has 1 saturated carbocycles. The van der Waals surface area contributed by atoms with Gasteiger partial charge in [0.05, 0.1) is 18.8 Å². The third-order valence-corrected chi connectivity index (χ3v) is 4.80. The quantitative estimate of drug-likeness (QED) is 0.835. The summed E-state index contributed by atoms with van der Waals surface area (Å²) >= 11 is 6.38. The third-order valence-electron chi connectivity index (χ3n) is 4.42. The van der Waals surface area contributed by atoms with Crippen molar-refractivity contribution in [1.29, 1.82) is 0 Å². The van der Waals surface area contributed by atoms with Crippen LogP contribution in [0, 0.1) is 0 Å². The van der Waals surface area contributed by atoms with Crippen molar-refractivity contribution in [3.05, 3.63) is 11.3 Å². The van der Waals surface area contributed by atoms with Gasteiger partial charge in [-0.15, -0.1) is 0 Å². The molecule has 0 bridgehead atoms. The van der Waals surface area contributed by atoms with Gasteiger partial charge >= 0.3 is 0 Å². The van der Waals surface area contributed by atoms with Gasteiger partial charge in [0, 0.05) is 6.54 Å². The summed E-state index contributed by atoms with van der Waals surface area (Å²) in [5.74, 6) is 0.761. The fourth-order valence-electron chi connectivity index (χ4n) is 3.19. The molecule has 0 spiro atoms. The molecule has 4 nitrogen and oxygen atoms in total. The zero-order valence-corrected chi connectivity index (χ0v) is 12.8. The molecular weight excluding hydrogens is 274 g/mol. The molecule has 2 fully saturated rings. The van der Waals surface area contributed by atoms with E-state index in [-0.39, 0.29) is 0 Å². The van der Waals surface area contributed by atoms with Crippen LogP contribution in [0.2, 0.25) is 5.15 Å². The van der Waals surface area contributed by atoms with Gasteiger partial charge in [-0.05, 0) is 51.6 Å². The van der Waals surface area contributed by atoms with Crippen molar-refractivity contribution >= 4 is 11.6 Å². The van der Waals surface area contributed by atoms with E-state index in [1.807, 2.05) is 4.68 Å². The Kier molecular flexibility index (Phi) is 4.84. The lowest BCUT2D eigenvalue weighted by Gasteiger charge is -2.26. The van der Waals surface area contributed by atoms with Gasteiger partial charge in [-0.1, -0.05) is 18.0 Å². The van der Waals surface area contributed by atoms with Crippen molar-refractivity contribution in [3.8, 4) is 5.75 Å². The molecule has 0 radical (unpaired) electrons. The Hall–Kier alpha value is -0.740. The van der Waals surface area contributed by atoms with Crippen LogP contribution < -0.4 is 4.74 Å². The average Bonchev–Trinajstić information content (AvgIpc) is 3.10. The predicted molar refractivity (Wildman–Crippen MR) is 80.4 cm³/mol. The second kappa shape index (κ2) is 6.81. The van der Waals surface area contributed by atoms with Crippen molar-refractivity contribution in [2.75, 3.05) is 19.6 Å². The van der Waals surface area contributed by atoms with E-state index in [1.165, 1.54) is 45.2 Å². The molecule has 1 aromatic rings. The summed E-state index contributed by atoms with van der Waals surface area (Å²) < 4.78 is 7.83. The minimum atomic E-state index is 0.340. The van der Waals surface area contributed by atoms with E-state index in [2.05, 4.69) is 10.00 Å². The number of ether oxygens (including phenoxy) is 1. The molecule has 112 valence electrons. The first kappa shape index (κ1) is 14.2. The van der Waals surface area contributed by atoms with Crippen LogP contribution in [0.1, 0.15) is 44.9 Å². The summed E-state index contributed by atoms with van der Waals surface area (Å²) in [5, 5.41) is 5.04. The summed E-state index contributed by atoms with van der Waals surface area (Å²) in [6, 6.07) is 0. The zero-order valence-electron chi connectivity index (χ0n) is 12.1. The SMILES string of the molecule is Clc1c(OC2CCCC2)cnn1CCN1CCCCC1. The van der Waals surface area contributed by atoms with E-state index in [1.54, 1.807) is 6.20 Å². The number of rotatable bonds is 5. The van der Waals surface area contributed by atoms with Gasteiger partial charge in [0.25, 0.3) is 0 Å². The van der Waals surface area contributed by atoms with E-state index in [0.29, 0.717) is 11.3 Å². The number of hydrogen-bond donors (Lipinski definition) is 0. The number of halogens is 1. The molecule has 1 aliphatic heterocycles. The molecule has 0 unspecified atom stereocenters. The molecule has 1 aliphatic carbocycles. The molecule has 2 aliphatic rings. The lowest BCUT2D eigenvalue weighted by molar-refractivity contribution is 0.208. The van der Waals surface area contributed by atoms with Crippen LogP contribution in [0.15, 0.2) is 6.20 Å². The zero-order chi connectivity index (χ0) is 13.8. The molecule has 0 atom stereocenters. The van der Waals surface area contributed by atoms with Crippen LogP contribution in [-0.4, -0.2) is 40.4 Å². The molecule has 0 aromatic carbocycles. The number of likely N-dealkylation sites (tertiary alicyclic amines) is 1. The first-order valence-corrected chi connectivity index (χ1v) is 8.31. The lowest BCUT2D eigenvalue weighted by atomic mass is 10.1. The van der Waals surface area contributed by atoms with Crippen LogP contribution in [0.3, 0.4) is 0 Å². The predicted octanol–water partition coefficient (Wildman–Crippen LogP) is 3.34. The van der Waals surface area contributed by atoms with Crippen molar-refractivity contribution in [1.82, 2.24) is 14.7 Å². The topological polar surface area (TPSA) is 30.3 Å². The first-order chi connectivity index (χ1) is 9.83. The molecule has 5 heteroatoms. The number of hydrogen-bond acceptors (Lipinski definition) is 3. The highest BCUT2D eigenvalue weighted by molar-refractivity contribution is 6.31. The van der Waals surface area contributed by atoms with Crippen molar-refractivity contribution in [3.63, 3.8) is 0 Å². The van der Waals surface area contributed by atoms with Gasteiger partial charge in [-0.3, -0.25) is 0 Å². The van der Waals surface area contributed by atoms with Crippen LogP contribution in [-0.2, 0) is 6.54 Å². The highest BCUT2D eigenvalue weighted by atomic mass is 35.5. The van der Waals surface area contributed by atoms with Gasteiger partial charge in [-0.2, -0.15) is 5.10 Å². The minimum absolute atomic E-state index is 0.340. The summed E-state index contributed by atoms with van der Waals surface area (Å²) in [6.07, 6.45) is 11.0. The molecule has 20 heavy (non-hydrogen) atoms. The Balaban J connectivity index is 1.52. The average molecular weight is 298 g/mol. The van der Waals surface area contributed by atoms with E-state index in [9.17, 15) is 0 Å².